The van der Waals surface area contributed by atoms with Gasteiger partial charge in [-0.15, -0.1) is 0 Å². The molecule has 14 heavy (non-hydrogen) atoms. The fourth-order valence-corrected chi connectivity index (χ4v) is 1.20. The highest BCUT2D eigenvalue weighted by Crippen LogP contribution is 2.05. The summed E-state index contributed by atoms with van der Waals surface area (Å²) in [6.45, 7) is 3.44. The lowest BCUT2D eigenvalue weighted by atomic mass is 10.4. The van der Waals surface area contributed by atoms with Gasteiger partial charge in [-0.25, -0.2) is 4.98 Å². The molecule has 2 aromatic rings. The Bertz CT molecular complexity index is 382. The summed E-state index contributed by atoms with van der Waals surface area (Å²) in [5.74, 6) is 0.587. The van der Waals surface area contributed by atoms with Crippen molar-refractivity contribution in [1.82, 2.24) is 24.5 Å². The van der Waals surface area contributed by atoms with Crippen LogP contribution >= 0.6 is 0 Å². The van der Waals surface area contributed by atoms with E-state index < -0.39 is 0 Å². The minimum atomic E-state index is 0.587. The Hall–Kier alpha value is -1.85. The monoisotopic (exact) mass is 192 g/mol. The number of anilines is 1. The Kier molecular flexibility index (Phi) is 2.18. The van der Waals surface area contributed by atoms with E-state index >= 15 is 0 Å². The number of hydrogen-bond acceptors (Lipinski definition) is 4. The van der Waals surface area contributed by atoms with Crippen LogP contribution in [-0.4, -0.2) is 24.5 Å². The van der Waals surface area contributed by atoms with Crippen molar-refractivity contribution < 1.29 is 0 Å². The zero-order chi connectivity index (χ0) is 9.97. The number of hydrogen-bond donors (Lipinski definition) is 1. The summed E-state index contributed by atoms with van der Waals surface area (Å²) >= 11 is 0. The van der Waals surface area contributed by atoms with E-state index in [0.29, 0.717) is 5.82 Å². The number of aromatic nitrogens is 5. The molecule has 0 fully saturated rings. The molecular formula is C8H12N6. The SMILES string of the molecule is Cc1cn(CCn2cncn2)nc1N. The molecule has 0 unspecified atom stereocenters. The molecule has 0 aliphatic carbocycles. The van der Waals surface area contributed by atoms with Crippen LogP contribution in [0.3, 0.4) is 0 Å². The fraction of sp³-hybridized carbons (Fsp3) is 0.375. The van der Waals surface area contributed by atoms with E-state index in [0.717, 1.165) is 18.7 Å². The van der Waals surface area contributed by atoms with Crippen molar-refractivity contribution in [2.24, 2.45) is 0 Å². The van der Waals surface area contributed by atoms with E-state index in [1.807, 2.05) is 17.8 Å². The summed E-state index contributed by atoms with van der Waals surface area (Å²) in [5.41, 5.74) is 6.63. The highest BCUT2D eigenvalue weighted by molar-refractivity contribution is 5.35. The van der Waals surface area contributed by atoms with Gasteiger partial charge in [0.15, 0.2) is 0 Å². The van der Waals surface area contributed by atoms with Crippen LogP contribution < -0.4 is 5.73 Å². The van der Waals surface area contributed by atoms with Gasteiger partial charge < -0.3 is 5.73 Å². The van der Waals surface area contributed by atoms with Gasteiger partial charge >= 0.3 is 0 Å². The Morgan fingerprint density at radius 3 is 2.71 bits per heavy atom. The fourth-order valence-electron chi connectivity index (χ4n) is 1.20. The van der Waals surface area contributed by atoms with Crippen LogP contribution in [0.15, 0.2) is 18.9 Å². The maximum absolute atomic E-state index is 5.62. The van der Waals surface area contributed by atoms with Crippen LogP contribution in [0, 0.1) is 6.92 Å². The summed E-state index contributed by atoms with van der Waals surface area (Å²) < 4.78 is 3.57. The van der Waals surface area contributed by atoms with E-state index in [1.165, 1.54) is 6.33 Å². The van der Waals surface area contributed by atoms with E-state index in [1.54, 1.807) is 11.0 Å². The van der Waals surface area contributed by atoms with Gasteiger partial charge in [0.05, 0.1) is 13.1 Å². The molecule has 0 saturated carbocycles. The quantitative estimate of drug-likeness (QED) is 0.746. The molecule has 74 valence electrons. The molecule has 0 aliphatic rings. The number of nitrogens with two attached hydrogens (primary N) is 1. The van der Waals surface area contributed by atoms with Gasteiger partial charge in [-0.2, -0.15) is 10.2 Å². The molecular weight excluding hydrogens is 180 g/mol. The zero-order valence-electron chi connectivity index (χ0n) is 7.96. The minimum Gasteiger partial charge on any atom is -0.382 e. The van der Waals surface area contributed by atoms with Crippen LogP contribution in [0.4, 0.5) is 5.82 Å². The summed E-state index contributed by atoms with van der Waals surface area (Å²) in [6, 6.07) is 0. The Balaban J connectivity index is 1.98. The van der Waals surface area contributed by atoms with Gasteiger partial charge in [0.2, 0.25) is 0 Å². The maximum Gasteiger partial charge on any atom is 0.148 e. The normalized spacial score (nSPS) is 10.6. The third-order valence-electron chi connectivity index (χ3n) is 2.01. The molecule has 0 spiro atoms. The molecule has 0 aliphatic heterocycles. The standard InChI is InChI=1S/C8H12N6/c1-7-4-13(12-8(7)9)2-3-14-6-10-5-11-14/h4-6H,2-3H2,1H3,(H2,9,12). The second-order valence-electron chi connectivity index (χ2n) is 3.12. The molecule has 0 radical (unpaired) electrons. The Morgan fingerprint density at radius 2 is 2.14 bits per heavy atom. The molecule has 2 aromatic heterocycles. The lowest BCUT2D eigenvalue weighted by Gasteiger charge is -2.00. The van der Waals surface area contributed by atoms with Crippen molar-refractivity contribution in [2.75, 3.05) is 5.73 Å². The number of aryl methyl sites for hydroxylation is 3. The number of nitrogens with zero attached hydrogens (tertiary/aromatic N) is 5. The van der Waals surface area contributed by atoms with Gasteiger partial charge in [0, 0.05) is 11.8 Å². The topological polar surface area (TPSA) is 74.5 Å². The molecule has 2 heterocycles. The van der Waals surface area contributed by atoms with E-state index in [-0.39, 0.29) is 0 Å². The molecule has 0 saturated heterocycles. The first-order valence-corrected chi connectivity index (χ1v) is 4.37. The third-order valence-corrected chi connectivity index (χ3v) is 2.01. The van der Waals surface area contributed by atoms with Crippen molar-refractivity contribution in [3.05, 3.63) is 24.4 Å². The highest BCUT2D eigenvalue weighted by Gasteiger charge is 2.00. The van der Waals surface area contributed by atoms with Gasteiger partial charge in [0.25, 0.3) is 0 Å². The van der Waals surface area contributed by atoms with Gasteiger partial charge in [0.1, 0.15) is 18.5 Å². The lowest BCUT2D eigenvalue weighted by Crippen LogP contribution is -2.08. The summed E-state index contributed by atoms with van der Waals surface area (Å²) in [5, 5.41) is 8.14. The van der Waals surface area contributed by atoms with Gasteiger partial charge in [-0.1, -0.05) is 0 Å². The first kappa shape index (κ1) is 8.74. The number of rotatable bonds is 3. The smallest absolute Gasteiger partial charge is 0.148 e. The van der Waals surface area contributed by atoms with Crippen LogP contribution in [0.1, 0.15) is 5.56 Å². The van der Waals surface area contributed by atoms with Crippen molar-refractivity contribution in [2.45, 2.75) is 20.0 Å². The van der Waals surface area contributed by atoms with Gasteiger partial charge in [-0.3, -0.25) is 9.36 Å². The predicted octanol–water partition coefficient (Wildman–Crippen LogP) is 0.0654. The van der Waals surface area contributed by atoms with Crippen LogP contribution in [0.25, 0.3) is 0 Å². The van der Waals surface area contributed by atoms with E-state index in [9.17, 15) is 0 Å². The molecule has 6 heteroatoms. The molecule has 6 nitrogen and oxygen atoms in total. The molecule has 2 N–H and O–H groups in total. The molecule has 0 aromatic carbocycles. The maximum atomic E-state index is 5.62. The third kappa shape index (κ3) is 1.73. The Morgan fingerprint density at radius 1 is 1.36 bits per heavy atom. The molecule has 0 atom stereocenters. The van der Waals surface area contributed by atoms with E-state index in [4.69, 9.17) is 5.73 Å². The summed E-state index contributed by atoms with van der Waals surface area (Å²) in [6.07, 6.45) is 5.12. The first-order valence-electron chi connectivity index (χ1n) is 4.37. The predicted molar refractivity (Wildman–Crippen MR) is 51.4 cm³/mol. The summed E-state index contributed by atoms with van der Waals surface area (Å²) in [7, 11) is 0. The van der Waals surface area contributed by atoms with Gasteiger partial charge in [-0.05, 0) is 6.92 Å². The van der Waals surface area contributed by atoms with Crippen molar-refractivity contribution in [1.29, 1.82) is 0 Å². The molecule has 0 amide bonds. The summed E-state index contributed by atoms with van der Waals surface area (Å²) in [4.78, 5) is 3.85. The van der Waals surface area contributed by atoms with Crippen LogP contribution in [0.5, 0.6) is 0 Å². The first-order chi connectivity index (χ1) is 6.75. The average Bonchev–Trinajstić information content (AvgIpc) is 2.74. The lowest BCUT2D eigenvalue weighted by molar-refractivity contribution is 0.500. The molecule has 0 bridgehead atoms. The largest absolute Gasteiger partial charge is 0.382 e. The second kappa shape index (κ2) is 3.49. The van der Waals surface area contributed by atoms with Crippen molar-refractivity contribution in [3.63, 3.8) is 0 Å². The van der Waals surface area contributed by atoms with Crippen LogP contribution in [-0.2, 0) is 13.1 Å². The van der Waals surface area contributed by atoms with E-state index in [2.05, 4.69) is 15.2 Å². The second-order valence-corrected chi connectivity index (χ2v) is 3.12. The van der Waals surface area contributed by atoms with Crippen molar-refractivity contribution in [3.8, 4) is 0 Å². The molecule has 2 rings (SSSR count). The van der Waals surface area contributed by atoms with Crippen molar-refractivity contribution >= 4 is 5.82 Å². The Labute approximate surface area is 81.4 Å². The van der Waals surface area contributed by atoms with Crippen LogP contribution in [0.2, 0.25) is 0 Å². The minimum absolute atomic E-state index is 0.587. The average molecular weight is 192 g/mol. The highest BCUT2D eigenvalue weighted by atomic mass is 15.3. The zero-order valence-corrected chi connectivity index (χ0v) is 7.96. The number of nitrogen functional groups attached to an aromatic ring is 1.